The normalized spacial score (nSPS) is 13.6. The van der Waals surface area contributed by atoms with E-state index in [0.29, 0.717) is 0 Å². The molecule has 0 fully saturated rings. The molecule has 1 atom stereocenters. The Bertz CT molecular complexity index is 860. The molecule has 0 aliphatic carbocycles. The first-order valence-electron chi connectivity index (χ1n) is 6.08. The maximum atomic E-state index is 12.6. The van der Waals surface area contributed by atoms with Crippen molar-refractivity contribution < 1.29 is 26.1 Å². The molecule has 0 saturated heterocycles. The first kappa shape index (κ1) is 19.2. The smallest absolute Gasteiger partial charge is 0.516 e. The van der Waals surface area contributed by atoms with Crippen molar-refractivity contribution in [3.63, 3.8) is 0 Å². The lowest BCUT2D eigenvalue weighted by atomic mass is 10.3. The molecule has 0 aliphatic rings. The minimum atomic E-state index is -5.67. The predicted octanol–water partition coefficient (Wildman–Crippen LogP) is 4.42. The van der Waals surface area contributed by atoms with Gasteiger partial charge in [-0.25, -0.2) is 0 Å². The Morgan fingerprint density at radius 1 is 1.04 bits per heavy atom. The molecule has 0 amide bonds. The SMILES string of the molecule is O=S(=O)(Nc1ccc(Cl)cc1[S+]([O-])c1ccccc1Cl)C(F)(F)F. The third-order valence-corrected chi connectivity index (χ3v) is 6.00. The lowest BCUT2D eigenvalue weighted by Gasteiger charge is -2.17. The fourth-order valence-electron chi connectivity index (χ4n) is 1.65. The van der Waals surface area contributed by atoms with Crippen LogP contribution in [0.4, 0.5) is 18.9 Å². The van der Waals surface area contributed by atoms with Gasteiger partial charge in [-0.05, 0) is 24.3 Å². The molecule has 0 heterocycles. The van der Waals surface area contributed by atoms with Gasteiger partial charge in [-0.1, -0.05) is 35.3 Å². The van der Waals surface area contributed by atoms with Crippen LogP contribution in [0, 0.1) is 0 Å². The van der Waals surface area contributed by atoms with Gasteiger partial charge in [-0.2, -0.15) is 21.6 Å². The average molecular weight is 418 g/mol. The minimum Gasteiger partial charge on any atom is -0.606 e. The second-order valence-electron chi connectivity index (χ2n) is 4.39. The summed E-state index contributed by atoms with van der Waals surface area (Å²) in [7, 11) is -5.67. The monoisotopic (exact) mass is 417 g/mol. The van der Waals surface area contributed by atoms with Crippen LogP contribution >= 0.6 is 23.2 Å². The Balaban J connectivity index is 2.52. The van der Waals surface area contributed by atoms with Crippen molar-refractivity contribution in [2.45, 2.75) is 15.3 Å². The van der Waals surface area contributed by atoms with E-state index < -0.39 is 32.4 Å². The number of anilines is 1. The zero-order chi connectivity index (χ0) is 18.1. The van der Waals surface area contributed by atoms with Crippen molar-refractivity contribution in [3.05, 3.63) is 52.5 Å². The molecular formula is C13H8Cl2F3NO3S2. The van der Waals surface area contributed by atoms with Crippen LogP contribution in [0.3, 0.4) is 0 Å². The zero-order valence-corrected chi connectivity index (χ0v) is 14.6. The van der Waals surface area contributed by atoms with Crippen LogP contribution < -0.4 is 4.72 Å². The van der Waals surface area contributed by atoms with Crippen LogP contribution in [-0.2, 0) is 21.2 Å². The van der Waals surface area contributed by atoms with Crippen LogP contribution in [0.5, 0.6) is 0 Å². The van der Waals surface area contributed by atoms with Gasteiger partial charge < -0.3 is 4.55 Å². The summed E-state index contributed by atoms with van der Waals surface area (Å²) in [4.78, 5) is -0.141. The van der Waals surface area contributed by atoms with Crippen molar-refractivity contribution in [1.29, 1.82) is 0 Å². The summed E-state index contributed by atoms with van der Waals surface area (Å²) < 4.78 is 74.2. The van der Waals surface area contributed by atoms with Gasteiger partial charge in [0.25, 0.3) is 0 Å². The van der Waals surface area contributed by atoms with E-state index in [1.54, 1.807) is 6.07 Å². The highest BCUT2D eigenvalue weighted by Gasteiger charge is 2.46. The Labute approximate surface area is 148 Å². The first-order valence-corrected chi connectivity index (χ1v) is 9.47. The number of hydrogen-bond donors (Lipinski definition) is 1. The van der Waals surface area contributed by atoms with Crippen LogP contribution in [-0.4, -0.2) is 18.5 Å². The summed E-state index contributed by atoms with van der Waals surface area (Å²) in [6.07, 6.45) is 0. The Kier molecular flexibility index (Phi) is 5.61. The highest BCUT2D eigenvalue weighted by Crippen LogP contribution is 2.35. The number of alkyl halides is 3. The maximum Gasteiger partial charge on any atom is 0.516 e. The molecular weight excluding hydrogens is 410 g/mol. The fraction of sp³-hybridized carbons (Fsp3) is 0.0769. The first-order chi connectivity index (χ1) is 11.0. The molecule has 0 aliphatic heterocycles. The standard InChI is InChI=1S/C13H8Cl2F3NO3S2/c14-8-5-6-10(19-24(21,22)13(16,17)18)12(7-8)23(20)11-4-2-1-3-9(11)15/h1-7,19H. The number of rotatable bonds is 4. The molecule has 2 aromatic rings. The van der Waals surface area contributed by atoms with E-state index in [0.717, 1.165) is 12.1 Å². The van der Waals surface area contributed by atoms with Gasteiger partial charge in [0.1, 0.15) is 5.69 Å². The Morgan fingerprint density at radius 2 is 1.67 bits per heavy atom. The number of benzene rings is 2. The van der Waals surface area contributed by atoms with E-state index in [-0.39, 0.29) is 19.8 Å². The van der Waals surface area contributed by atoms with E-state index >= 15 is 0 Å². The summed E-state index contributed by atoms with van der Waals surface area (Å²) in [5.41, 5.74) is -6.02. The molecule has 130 valence electrons. The lowest BCUT2D eigenvalue weighted by molar-refractivity contribution is -0.0429. The third-order valence-electron chi connectivity index (χ3n) is 2.73. The summed E-state index contributed by atoms with van der Waals surface area (Å²) in [5.74, 6) is 0. The van der Waals surface area contributed by atoms with Crippen molar-refractivity contribution in [2.75, 3.05) is 4.72 Å². The van der Waals surface area contributed by atoms with Gasteiger partial charge in [0, 0.05) is 22.3 Å². The van der Waals surface area contributed by atoms with Gasteiger partial charge in [-0.15, -0.1) is 0 Å². The fourth-order valence-corrected chi connectivity index (χ4v) is 4.12. The van der Waals surface area contributed by atoms with Crippen LogP contribution in [0.15, 0.2) is 52.3 Å². The predicted molar refractivity (Wildman–Crippen MR) is 86.2 cm³/mol. The molecule has 1 unspecified atom stereocenters. The molecule has 1 N–H and O–H groups in total. The van der Waals surface area contributed by atoms with Crippen molar-refractivity contribution >= 4 is 50.1 Å². The zero-order valence-electron chi connectivity index (χ0n) is 11.5. The molecule has 0 saturated carbocycles. The second kappa shape index (κ2) is 7.01. The highest BCUT2D eigenvalue weighted by molar-refractivity contribution is 7.94. The largest absolute Gasteiger partial charge is 0.606 e. The molecule has 11 heteroatoms. The molecule has 0 radical (unpaired) electrons. The molecule has 0 aromatic heterocycles. The summed E-state index contributed by atoms with van der Waals surface area (Å²) >= 11 is 9.65. The number of hydrogen-bond acceptors (Lipinski definition) is 3. The number of nitrogens with one attached hydrogen (secondary N) is 1. The Hall–Kier alpha value is -1.13. The molecule has 4 nitrogen and oxygen atoms in total. The van der Waals surface area contributed by atoms with E-state index in [1.165, 1.54) is 29.0 Å². The molecule has 24 heavy (non-hydrogen) atoms. The van der Waals surface area contributed by atoms with E-state index in [4.69, 9.17) is 23.2 Å². The van der Waals surface area contributed by atoms with Crippen molar-refractivity contribution in [3.8, 4) is 0 Å². The minimum absolute atomic E-state index is 0.0698. The third kappa shape index (κ3) is 4.09. The molecule has 2 aromatic carbocycles. The highest BCUT2D eigenvalue weighted by atomic mass is 35.5. The lowest BCUT2D eigenvalue weighted by Crippen LogP contribution is -2.30. The Morgan fingerprint density at radius 3 is 2.25 bits per heavy atom. The summed E-state index contributed by atoms with van der Waals surface area (Å²) in [6, 6.07) is 9.23. The maximum absolute atomic E-state index is 12.6. The summed E-state index contributed by atoms with van der Waals surface area (Å²) in [5, 5.41) is 0.181. The van der Waals surface area contributed by atoms with Gasteiger partial charge >= 0.3 is 15.5 Å². The summed E-state index contributed by atoms with van der Waals surface area (Å²) in [6.45, 7) is 0. The van der Waals surface area contributed by atoms with Crippen LogP contribution in [0.25, 0.3) is 0 Å². The van der Waals surface area contributed by atoms with E-state index in [2.05, 4.69) is 0 Å². The van der Waals surface area contributed by atoms with Crippen molar-refractivity contribution in [1.82, 2.24) is 0 Å². The van der Waals surface area contributed by atoms with E-state index in [9.17, 15) is 26.1 Å². The molecule has 2 rings (SSSR count). The van der Waals surface area contributed by atoms with E-state index in [1.807, 2.05) is 0 Å². The van der Waals surface area contributed by atoms with Gasteiger partial charge in [0.15, 0.2) is 9.79 Å². The molecule has 0 bridgehead atoms. The van der Waals surface area contributed by atoms with Gasteiger partial charge in [-0.3, -0.25) is 4.72 Å². The second-order valence-corrected chi connectivity index (χ2v) is 8.33. The van der Waals surface area contributed by atoms with Crippen molar-refractivity contribution in [2.24, 2.45) is 0 Å². The van der Waals surface area contributed by atoms with Gasteiger partial charge in [0.2, 0.25) is 0 Å². The quantitative estimate of drug-likeness (QED) is 0.748. The average Bonchev–Trinajstić information content (AvgIpc) is 2.47. The topological polar surface area (TPSA) is 69.2 Å². The number of halogens is 5. The van der Waals surface area contributed by atoms with Crippen LogP contribution in [0.2, 0.25) is 10.0 Å². The number of sulfonamides is 1. The van der Waals surface area contributed by atoms with Gasteiger partial charge in [0.05, 0.1) is 5.02 Å². The molecule has 0 spiro atoms. The van der Waals surface area contributed by atoms with Crippen LogP contribution in [0.1, 0.15) is 0 Å².